The SMILES string of the molecule is CCCN(CCC)C(=O)C1C(C(N)=O)C1(C(N)=O)[C@H](Cc1cc(F)cc(F)c1)[C@@H](O)CNCc1cccc(OC)c1. The van der Waals surface area contributed by atoms with Gasteiger partial charge >= 0.3 is 0 Å². The van der Waals surface area contributed by atoms with Crippen LogP contribution in [-0.4, -0.2) is 60.6 Å². The monoisotopic (exact) mass is 574 g/mol. The summed E-state index contributed by atoms with van der Waals surface area (Å²) in [6.07, 6.45) is -0.280. The van der Waals surface area contributed by atoms with Crippen molar-refractivity contribution in [2.75, 3.05) is 26.7 Å². The topological polar surface area (TPSA) is 148 Å². The average molecular weight is 575 g/mol. The lowest BCUT2D eigenvalue weighted by Gasteiger charge is -2.32. The number of carbonyl (C=O) groups is 3. The fraction of sp³-hybridized carbons (Fsp3) is 0.500. The molecule has 0 bridgehead atoms. The van der Waals surface area contributed by atoms with Gasteiger partial charge in [-0.25, -0.2) is 8.78 Å². The number of benzene rings is 2. The van der Waals surface area contributed by atoms with Gasteiger partial charge in [0.25, 0.3) is 0 Å². The molecule has 1 aliphatic rings. The Labute approximate surface area is 239 Å². The Kier molecular flexibility index (Phi) is 10.8. The molecule has 1 saturated carbocycles. The number of carbonyl (C=O) groups excluding carboxylic acids is 3. The van der Waals surface area contributed by atoms with E-state index in [2.05, 4.69) is 5.32 Å². The van der Waals surface area contributed by atoms with Gasteiger partial charge in [-0.05, 0) is 54.7 Å². The number of aliphatic hydroxyl groups excluding tert-OH is 1. The van der Waals surface area contributed by atoms with Gasteiger partial charge in [0, 0.05) is 38.2 Å². The number of hydrogen-bond donors (Lipinski definition) is 4. The molecule has 3 rings (SSSR count). The van der Waals surface area contributed by atoms with E-state index in [0.717, 1.165) is 17.7 Å². The van der Waals surface area contributed by atoms with Crippen molar-refractivity contribution in [1.82, 2.24) is 10.2 Å². The molecule has 9 nitrogen and oxygen atoms in total. The summed E-state index contributed by atoms with van der Waals surface area (Å²) in [6, 6.07) is 10.1. The van der Waals surface area contributed by atoms with E-state index in [4.69, 9.17) is 16.2 Å². The number of ether oxygens (including phenoxy) is 1. The third kappa shape index (κ3) is 7.02. The summed E-state index contributed by atoms with van der Waals surface area (Å²) in [5.41, 5.74) is 10.8. The van der Waals surface area contributed by atoms with Crippen LogP contribution in [0.25, 0.3) is 0 Å². The molecule has 2 aromatic rings. The van der Waals surface area contributed by atoms with Crippen LogP contribution in [-0.2, 0) is 27.3 Å². The van der Waals surface area contributed by atoms with E-state index in [1.54, 1.807) is 18.1 Å². The molecule has 3 unspecified atom stereocenters. The van der Waals surface area contributed by atoms with Crippen molar-refractivity contribution in [3.8, 4) is 5.75 Å². The van der Waals surface area contributed by atoms with Crippen LogP contribution in [0.2, 0.25) is 0 Å². The maximum Gasteiger partial charge on any atom is 0.227 e. The predicted octanol–water partition coefficient (Wildman–Crippen LogP) is 2.13. The van der Waals surface area contributed by atoms with Crippen molar-refractivity contribution in [2.45, 2.75) is 45.8 Å². The van der Waals surface area contributed by atoms with E-state index >= 15 is 0 Å². The van der Waals surface area contributed by atoms with Crippen LogP contribution >= 0.6 is 0 Å². The molecule has 1 fully saturated rings. The van der Waals surface area contributed by atoms with Crippen LogP contribution in [0.15, 0.2) is 42.5 Å². The zero-order valence-corrected chi connectivity index (χ0v) is 23.7. The smallest absolute Gasteiger partial charge is 0.227 e. The lowest BCUT2D eigenvalue weighted by Crippen LogP contribution is -2.47. The van der Waals surface area contributed by atoms with E-state index in [1.807, 2.05) is 32.0 Å². The van der Waals surface area contributed by atoms with Gasteiger partial charge in [0.05, 0.1) is 30.5 Å². The van der Waals surface area contributed by atoms with Gasteiger partial charge in [0.2, 0.25) is 17.7 Å². The zero-order valence-electron chi connectivity index (χ0n) is 23.7. The summed E-state index contributed by atoms with van der Waals surface area (Å²) in [5, 5.41) is 14.6. The molecule has 0 saturated heterocycles. The zero-order chi connectivity index (χ0) is 30.3. The highest BCUT2D eigenvalue weighted by Crippen LogP contribution is 2.65. The van der Waals surface area contributed by atoms with Gasteiger partial charge in [-0.1, -0.05) is 26.0 Å². The summed E-state index contributed by atoms with van der Waals surface area (Å²) in [7, 11) is 1.55. The minimum atomic E-state index is -1.84. The van der Waals surface area contributed by atoms with Crippen molar-refractivity contribution in [3.63, 3.8) is 0 Å². The van der Waals surface area contributed by atoms with Crippen molar-refractivity contribution in [3.05, 3.63) is 65.2 Å². The molecular formula is C30H40F2N4O5. The maximum absolute atomic E-state index is 14.1. The van der Waals surface area contributed by atoms with Crippen molar-refractivity contribution >= 4 is 17.7 Å². The molecule has 0 spiro atoms. The first kappa shape index (κ1) is 32.0. The van der Waals surface area contributed by atoms with Gasteiger partial charge in [-0.15, -0.1) is 0 Å². The van der Waals surface area contributed by atoms with Crippen LogP contribution in [0.1, 0.15) is 37.8 Å². The normalized spacial score (nSPS) is 21.1. The molecule has 1 aliphatic carbocycles. The fourth-order valence-electron chi connectivity index (χ4n) is 6.07. The summed E-state index contributed by atoms with van der Waals surface area (Å²) in [5.74, 6) is -7.00. The number of nitrogens with one attached hydrogen (secondary N) is 1. The quantitative estimate of drug-likeness (QED) is 0.242. The van der Waals surface area contributed by atoms with Crippen LogP contribution in [0.3, 0.4) is 0 Å². The molecule has 0 radical (unpaired) electrons. The minimum Gasteiger partial charge on any atom is -0.497 e. The number of rotatable bonds is 16. The summed E-state index contributed by atoms with van der Waals surface area (Å²) >= 11 is 0. The first-order valence-electron chi connectivity index (χ1n) is 13.9. The van der Waals surface area contributed by atoms with E-state index in [9.17, 15) is 28.3 Å². The molecule has 224 valence electrons. The van der Waals surface area contributed by atoms with E-state index in [1.165, 1.54) is 0 Å². The van der Waals surface area contributed by atoms with Crippen molar-refractivity contribution < 1.29 is 33.0 Å². The molecule has 0 heterocycles. The Morgan fingerprint density at radius 3 is 2.20 bits per heavy atom. The Morgan fingerprint density at radius 2 is 1.66 bits per heavy atom. The summed E-state index contributed by atoms with van der Waals surface area (Å²) in [4.78, 5) is 41.2. The van der Waals surface area contributed by atoms with Gasteiger partial charge in [0.15, 0.2) is 0 Å². The Morgan fingerprint density at radius 1 is 1.02 bits per heavy atom. The second-order valence-electron chi connectivity index (χ2n) is 10.6. The number of nitrogens with zero attached hydrogens (tertiary/aromatic N) is 1. The number of aliphatic hydroxyl groups is 1. The molecule has 3 amide bonds. The molecule has 0 aromatic heterocycles. The number of hydrogen-bond acceptors (Lipinski definition) is 6. The standard InChI is InChI=1S/C30H40F2N4O5/c1-4-9-36(10-5-2)28(39)26-25(27(33)38)30(26,29(34)40)23(14-19-11-20(31)15-21(32)12-19)24(37)17-35-16-18-7-6-8-22(13-18)41-3/h6-8,11-13,15,23-26,35,37H,4-5,9-10,14,16-17H2,1-3H3,(H2,33,38)(H2,34,40)/t23-,24+,25?,26?,30?/m1/s1. The third-order valence-electron chi connectivity index (χ3n) is 7.82. The Hall–Kier alpha value is -3.57. The second-order valence-corrected chi connectivity index (χ2v) is 10.6. The highest BCUT2D eigenvalue weighted by atomic mass is 19.1. The first-order chi connectivity index (χ1) is 19.5. The number of amides is 3. The van der Waals surface area contributed by atoms with Gasteiger partial charge in [0.1, 0.15) is 17.4 Å². The Balaban J connectivity index is 2.00. The highest BCUT2D eigenvalue weighted by Gasteiger charge is 2.78. The first-order valence-corrected chi connectivity index (χ1v) is 13.9. The summed E-state index contributed by atoms with van der Waals surface area (Å²) in [6.45, 7) is 4.83. The number of halogens is 2. The second kappa shape index (κ2) is 13.9. The van der Waals surface area contributed by atoms with E-state index < -0.39 is 58.6 Å². The largest absolute Gasteiger partial charge is 0.497 e. The predicted molar refractivity (Wildman–Crippen MR) is 149 cm³/mol. The molecular weight excluding hydrogens is 534 g/mol. The van der Waals surface area contributed by atoms with Crippen molar-refractivity contribution in [2.24, 2.45) is 34.6 Å². The maximum atomic E-state index is 14.1. The third-order valence-corrected chi connectivity index (χ3v) is 7.82. The molecule has 5 atom stereocenters. The highest BCUT2D eigenvalue weighted by molar-refractivity contribution is 6.04. The van der Waals surface area contributed by atoms with Crippen LogP contribution < -0.4 is 21.5 Å². The van der Waals surface area contributed by atoms with Gasteiger partial charge in [-0.2, -0.15) is 0 Å². The average Bonchev–Trinajstić information content (AvgIpc) is 3.62. The lowest BCUT2D eigenvalue weighted by atomic mass is 9.76. The van der Waals surface area contributed by atoms with E-state index in [0.29, 0.717) is 44.3 Å². The lowest BCUT2D eigenvalue weighted by molar-refractivity contribution is -0.138. The van der Waals surface area contributed by atoms with E-state index in [-0.39, 0.29) is 18.5 Å². The Bertz CT molecular complexity index is 1220. The molecule has 41 heavy (non-hydrogen) atoms. The number of primary amides is 2. The van der Waals surface area contributed by atoms with Gasteiger partial charge in [-0.3, -0.25) is 14.4 Å². The van der Waals surface area contributed by atoms with Crippen LogP contribution in [0.5, 0.6) is 5.75 Å². The molecule has 11 heteroatoms. The number of nitrogens with two attached hydrogens (primary N) is 2. The fourth-order valence-corrected chi connectivity index (χ4v) is 6.07. The summed E-state index contributed by atoms with van der Waals surface area (Å²) < 4.78 is 33.5. The van der Waals surface area contributed by atoms with Gasteiger partial charge < -0.3 is 31.5 Å². The number of methoxy groups -OCH3 is 1. The molecule has 6 N–H and O–H groups in total. The minimum absolute atomic E-state index is 0.0747. The van der Waals surface area contributed by atoms with Crippen LogP contribution in [0.4, 0.5) is 8.78 Å². The van der Waals surface area contributed by atoms with Crippen LogP contribution in [0, 0.1) is 34.8 Å². The molecule has 0 aliphatic heterocycles. The van der Waals surface area contributed by atoms with Crippen molar-refractivity contribution in [1.29, 1.82) is 0 Å². The molecule has 2 aromatic carbocycles.